The second-order valence-electron chi connectivity index (χ2n) is 6.32. The summed E-state index contributed by atoms with van der Waals surface area (Å²) in [5.74, 6) is 0.410. The molecule has 28 heavy (non-hydrogen) atoms. The molecule has 1 atom stereocenters. The lowest BCUT2D eigenvalue weighted by Crippen LogP contribution is -2.43. The molecule has 0 radical (unpaired) electrons. The van der Waals surface area contributed by atoms with Gasteiger partial charge in [-0.1, -0.05) is 18.6 Å². The first-order valence-electron chi connectivity index (χ1n) is 8.80. The zero-order chi connectivity index (χ0) is 19.3. The van der Waals surface area contributed by atoms with Crippen molar-refractivity contribution in [2.45, 2.75) is 30.2 Å². The van der Waals surface area contributed by atoms with E-state index >= 15 is 0 Å². The van der Waals surface area contributed by atoms with Gasteiger partial charge in [0.15, 0.2) is 0 Å². The molecular weight excluding hydrogens is 402 g/mol. The van der Waals surface area contributed by atoms with Crippen molar-refractivity contribution in [3.8, 4) is 5.75 Å². The van der Waals surface area contributed by atoms with Gasteiger partial charge in [-0.3, -0.25) is 9.52 Å². The SMILES string of the molecule is COc1ccc(S(=O)(=O)Nc2ccccc2NC(=O)C2CCCCN2)cc1.Cl.[HH]. The predicted octanol–water partition coefficient (Wildman–Crippen LogP) is 3.24. The van der Waals surface area contributed by atoms with Gasteiger partial charge in [0.25, 0.3) is 10.0 Å². The van der Waals surface area contributed by atoms with Crippen LogP contribution in [0.4, 0.5) is 11.4 Å². The third kappa shape index (κ3) is 5.37. The standard InChI is InChI=1S/C19H23N3O4S.ClH.H2/c1-26-14-9-11-15(12-10-14)27(24,25)22-17-7-3-2-6-16(17)21-19(23)18-8-4-5-13-20-18;;/h2-3,6-7,9-12,18,20,22H,4-5,8,13H2,1H3,(H,21,23);2*1H. The quantitative estimate of drug-likeness (QED) is 0.657. The van der Waals surface area contributed by atoms with Crippen molar-refractivity contribution in [2.24, 2.45) is 0 Å². The first-order valence-corrected chi connectivity index (χ1v) is 10.3. The number of ether oxygens (including phenoxy) is 1. The van der Waals surface area contributed by atoms with Crippen LogP contribution in [0.25, 0.3) is 0 Å². The van der Waals surface area contributed by atoms with Gasteiger partial charge in [-0.05, 0) is 55.8 Å². The second-order valence-corrected chi connectivity index (χ2v) is 8.00. The number of rotatable bonds is 6. The number of sulfonamides is 1. The van der Waals surface area contributed by atoms with E-state index in [4.69, 9.17) is 4.74 Å². The van der Waals surface area contributed by atoms with Gasteiger partial charge in [0.2, 0.25) is 5.91 Å². The summed E-state index contributed by atoms with van der Waals surface area (Å²) in [6, 6.07) is 12.6. The molecule has 3 rings (SSSR count). The molecule has 3 N–H and O–H groups in total. The number of halogens is 1. The average molecular weight is 428 g/mol. The molecule has 1 aliphatic heterocycles. The number of piperidine rings is 1. The number of carbonyl (C=O) groups excluding carboxylic acids is 1. The van der Waals surface area contributed by atoms with Crippen LogP contribution in [-0.2, 0) is 14.8 Å². The normalized spacial score (nSPS) is 16.5. The summed E-state index contributed by atoms with van der Waals surface area (Å²) in [7, 11) is -2.28. The molecule has 1 unspecified atom stereocenters. The summed E-state index contributed by atoms with van der Waals surface area (Å²) in [6.07, 6.45) is 2.82. The first-order chi connectivity index (χ1) is 13.0. The molecule has 0 spiro atoms. The van der Waals surface area contributed by atoms with E-state index < -0.39 is 10.0 Å². The topological polar surface area (TPSA) is 96.5 Å². The maximum Gasteiger partial charge on any atom is 0.261 e. The van der Waals surface area contributed by atoms with E-state index in [1.165, 1.54) is 19.2 Å². The fourth-order valence-electron chi connectivity index (χ4n) is 2.94. The highest BCUT2D eigenvalue weighted by Crippen LogP contribution is 2.25. The minimum Gasteiger partial charge on any atom is -0.497 e. The number of nitrogens with one attached hydrogen (secondary N) is 3. The Labute approximate surface area is 172 Å². The molecule has 0 saturated carbocycles. The molecular formula is C19H26ClN3O4S. The summed E-state index contributed by atoms with van der Waals surface area (Å²) in [6.45, 7) is 0.809. The van der Waals surface area contributed by atoms with Crippen molar-refractivity contribution in [1.29, 1.82) is 0 Å². The number of anilines is 2. The third-order valence-corrected chi connectivity index (χ3v) is 5.81. The van der Waals surface area contributed by atoms with E-state index in [1.807, 2.05) is 0 Å². The average Bonchev–Trinajstić information content (AvgIpc) is 2.70. The Morgan fingerprint density at radius 1 is 1.11 bits per heavy atom. The van der Waals surface area contributed by atoms with Gasteiger partial charge in [0.1, 0.15) is 5.75 Å². The van der Waals surface area contributed by atoms with Crippen LogP contribution < -0.4 is 20.1 Å². The highest BCUT2D eigenvalue weighted by Gasteiger charge is 2.22. The monoisotopic (exact) mass is 427 g/mol. The molecule has 0 aromatic heterocycles. The van der Waals surface area contributed by atoms with Crippen LogP contribution in [-0.4, -0.2) is 34.0 Å². The van der Waals surface area contributed by atoms with E-state index in [-0.39, 0.29) is 30.7 Å². The Kier molecular flexibility index (Phi) is 7.68. The van der Waals surface area contributed by atoms with Crippen LogP contribution in [0, 0.1) is 0 Å². The van der Waals surface area contributed by atoms with E-state index in [0.29, 0.717) is 17.1 Å². The van der Waals surface area contributed by atoms with Crippen LogP contribution in [0.2, 0.25) is 0 Å². The number of methoxy groups -OCH3 is 1. The fourth-order valence-corrected chi connectivity index (χ4v) is 4.01. The number of hydrogen-bond donors (Lipinski definition) is 3. The maximum atomic E-state index is 12.7. The van der Waals surface area contributed by atoms with E-state index in [0.717, 1.165) is 25.8 Å². The van der Waals surface area contributed by atoms with Crippen molar-refractivity contribution in [1.82, 2.24) is 5.32 Å². The van der Waals surface area contributed by atoms with Crippen molar-refractivity contribution >= 4 is 39.7 Å². The molecule has 2 aromatic rings. The smallest absolute Gasteiger partial charge is 0.261 e. The lowest BCUT2D eigenvalue weighted by molar-refractivity contribution is -0.118. The largest absolute Gasteiger partial charge is 0.497 e. The van der Waals surface area contributed by atoms with Crippen molar-refractivity contribution in [3.05, 3.63) is 48.5 Å². The summed E-state index contributed by atoms with van der Waals surface area (Å²) >= 11 is 0. The fraction of sp³-hybridized carbons (Fsp3) is 0.316. The van der Waals surface area contributed by atoms with Crippen LogP contribution in [0.3, 0.4) is 0 Å². The van der Waals surface area contributed by atoms with Gasteiger partial charge in [0, 0.05) is 1.43 Å². The van der Waals surface area contributed by atoms with E-state index in [9.17, 15) is 13.2 Å². The molecule has 2 aromatic carbocycles. The zero-order valence-electron chi connectivity index (χ0n) is 15.5. The molecule has 1 fully saturated rings. The van der Waals surface area contributed by atoms with Crippen LogP contribution >= 0.6 is 12.4 Å². The van der Waals surface area contributed by atoms with Gasteiger partial charge >= 0.3 is 0 Å². The molecule has 9 heteroatoms. The number of carbonyl (C=O) groups is 1. The zero-order valence-corrected chi connectivity index (χ0v) is 17.1. The van der Waals surface area contributed by atoms with Gasteiger partial charge in [0.05, 0.1) is 29.4 Å². The number of hydrogen-bond acceptors (Lipinski definition) is 5. The summed E-state index contributed by atoms with van der Waals surface area (Å²) in [5, 5.41) is 6.01. The Bertz CT molecular complexity index is 904. The van der Waals surface area contributed by atoms with Crippen LogP contribution in [0.1, 0.15) is 20.7 Å². The van der Waals surface area contributed by atoms with Gasteiger partial charge in [-0.2, -0.15) is 0 Å². The minimum absolute atomic E-state index is 0. The predicted molar refractivity (Wildman–Crippen MR) is 114 cm³/mol. The Balaban J connectivity index is 0.00000210. The first kappa shape index (κ1) is 22.0. The molecule has 1 amide bonds. The van der Waals surface area contributed by atoms with E-state index in [2.05, 4.69) is 15.4 Å². The molecule has 1 heterocycles. The number of benzene rings is 2. The summed E-state index contributed by atoms with van der Waals surface area (Å²) < 4.78 is 32.9. The Morgan fingerprint density at radius 2 is 1.79 bits per heavy atom. The number of amides is 1. The van der Waals surface area contributed by atoms with Crippen molar-refractivity contribution in [2.75, 3.05) is 23.7 Å². The van der Waals surface area contributed by atoms with Crippen molar-refractivity contribution < 1.29 is 19.4 Å². The number of para-hydroxylation sites is 2. The summed E-state index contributed by atoms with van der Waals surface area (Å²) in [4.78, 5) is 12.6. The second kappa shape index (κ2) is 9.77. The van der Waals surface area contributed by atoms with Crippen LogP contribution in [0.15, 0.2) is 53.4 Å². The van der Waals surface area contributed by atoms with E-state index in [1.54, 1.807) is 36.4 Å². The summed E-state index contributed by atoms with van der Waals surface area (Å²) in [5.41, 5.74) is 0.740. The highest BCUT2D eigenvalue weighted by molar-refractivity contribution is 7.92. The lowest BCUT2D eigenvalue weighted by Gasteiger charge is -2.23. The molecule has 1 aliphatic rings. The molecule has 154 valence electrons. The lowest BCUT2D eigenvalue weighted by atomic mass is 10.0. The third-order valence-electron chi connectivity index (χ3n) is 4.43. The maximum absolute atomic E-state index is 12.7. The Morgan fingerprint density at radius 3 is 2.39 bits per heavy atom. The van der Waals surface area contributed by atoms with Gasteiger partial charge in [-0.15, -0.1) is 12.4 Å². The van der Waals surface area contributed by atoms with Gasteiger partial charge in [-0.25, -0.2) is 8.42 Å². The van der Waals surface area contributed by atoms with Gasteiger partial charge < -0.3 is 15.4 Å². The molecule has 1 saturated heterocycles. The molecule has 0 aliphatic carbocycles. The highest BCUT2D eigenvalue weighted by atomic mass is 35.5. The van der Waals surface area contributed by atoms with Crippen LogP contribution in [0.5, 0.6) is 5.75 Å². The van der Waals surface area contributed by atoms with Crippen molar-refractivity contribution in [3.63, 3.8) is 0 Å². The molecule has 7 nitrogen and oxygen atoms in total. The minimum atomic E-state index is -3.79. The Hall–Kier alpha value is -2.29. The molecule has 0 bridgehead atoms.